The molecule has 1 N–H and O–H groups in total. The van der Waals surface area contributed by atoms with Gasteiger partial charge in [-0.05, 0) is 42.4 Å². The zero-order valence-electron chi connectivity index (χ0n) is 13.9. The van der Waals surface area contributed by atoms with E-state index in [0.29, 0.717) is 5.75 Å². The molecule has 0 spiro atoms. The number of hydrogen-bond acceptors (Lipinski definition) is 1. The van der Waals surface area contributed by atoms with Crippen LogP contribution in [0.4, 0.5) is 0 Å². The van der Waals surface area contributed by atoms with Gasteiger partial charge in [-0.15, -0.1) is 0 Å². The average Bonchev–Trinajstić information content (AvgIpc) is 2.55. The molecule has 0 unspecified atom stereocenters. The third-order valence-corrected chi connectivity index (χ3v) is 4.29. The van der Waals surface area contributed by atoms with Crippen molar-refractivity contribution in [3.05, 3.63) is 64.7 Å². The van der Waals surface area contributed by atoms with Crippen molar-refractivity contribution in [3.63, 3.8) is 0 Å². The number of rotatable bonds is 8. The van der Waals surface area contributed by atoms with Gasteiger partial charge in [0, 0.05) is 12.0 Å². The summed E-state index contributed by atoms with van der Waals surface area (Å²) < 4.78 is 0. The SMILES string of the molecule is CCCCc1ccc(CCCC)c(Cc2ccccc2)c1O. The first-order chi connectivity index (χ1) is 10.8. The molecule has 0 saturated carbocycles. The van der Waals surface area contributed by atoms with E-state index in [2.05, 4.69) is 50.2 Å². The predicted molar refractivity (Wildman–Crippen MR) is 94.6 cm³/mol. The smallest absolute Gasteiger partial charge is 0.122 e. The summed E-state index contributed by atoms with van der Waals surface area (Å²) in [5.41, 5.74) is 4.81. The number of benzene rings is 2. The lowest BCUT2D eigenvalue weighted by atomic mass is 9.92. The molecule has 0 bridgehead atoms. The van der Waals surface area contributed by atoms with E-state index < -0.39 is 0 Å². The largest absolute Gasteiger partial charge is 0.507 e. The highest BCUT2D eigenvalue weighted by Crippen LogP contribution is 2.30. The number of phenols is 1. The number of aryl methyl sites for hydroxylation is 2. The molecule has 0 aliphatic heterocycles. The van der Waals surface area contributed by atoms with Crippen LogP contribution >= 0.6 is 0 Å². The maximum atomic E-state index is 10.8. The van der Waals surface area contributed by atoms with E-state index in [1.54, 1.807) is 0 Å². The first kappa shape index (κ1) is 16.6. The molecule has 2 aromatic carbocycles. The van der Waals surface area contributed by atoms with Crippen molar-refractivity contribution in [2.75, 3.05) is 0 Å². The van der Waals surface area contributed by atoms with Crippen LogP contribution in [0.2, 0.25) is 0 Å². The van der Waals surface area contributed by atoms with Gasteiger partial charge in [-0.2, -0.15) is 0 Å². The fraction of sp³-hybridized carbons (Fsp3) is 0.429. The maximum absolute atomic E-state index is 10.8. The van der Waals surface area contributed by atoms with Crippen LogP contribution in [0.25, 0.3) is 0 Å². The second-order valence-corrected chi connectivity index (χ2v) is 6.08. The Bertz CT molecular complexity index is 572. The van der Waals surface area contributed by atoms with Crippen LogP contribution in [0, 0.1) is 0 Å². The Morgan fingerprint density at radius 3 is 2.00 bits per heavy atom. The second kappa shape index (κ2) is 8.63. The van der Waals surface area contributed by atoms with Crippen LogP contribution in [0.3, 0.4) is 0 Å². The molecule has 0 aromatic heterocycles. The first-order valence-corrected chi connectivity index (χ1v) is 8.62. The van der Waals surface area contributed by atoms with Crippen molar-refractivity contribution in [3.8, 4) is 5.75 Å². The van der Waals surface area contributed by atoms with Crippen molar-refractivity contribution in [2.45, 2.75) is 58.8 Å². The van der Waals surface area contributed by atoms with Gasteiger partial charge in [0.15, 0.2) is 0 Å². The summed E-state index contributed by atoms with van der Waals surface area (Å²) in [7, 11) is 0. The molecule has 1 heteroatoms. The van der Waals surface area contributed by atoms with Gasteiger partial charge in [-0.3, -0.25) is 0 Å². The Balaban J connectivity index is 2.32. The van der Waals surface area contributed by atoms with Crippen LogP contribution in [0.1, 0.15) is 61.8 Å². The van der Waals surface area contributed by atoms with Gasteiger partial charge >= 0.3 is 0 Å². The van der Waals surface area contributed by atoms with Gasteiger partial charge in [0.1, 0.15) is 5.75 Å². The van der Waals surface area contributed by atoms with E-state index in [1.807, 2.05) is 6.07 Å². The van der Waals surface area contributed by atoms with Gasteiger partial charge in [-0.25, -0.2) is 0 Å². The molecule has 1 nitrogen and oxygen atoms in total. The van der Waals surface area contributed by atoms with Gasteiger partial charge in [0.25, 0.3) is 0 Å². The van der Waals surface area contributed by atoms with Crippen molar-refractivity contribution in [2.24, 2.45) is 0 Å². The Hall–Kier alpha value is -1.76. The summed E-state index contributed by atoms with van der Waals surface area (Å²) in [6.07, 6.45) is 7.50. The van der Waals surface area contributed by atoms with Crippen molar-refractivity contribution < 1.29 is 5.11 Å². The molecule has 0 amide bonds. The molecule has 22 heavy (non-hydrogen) atoms. The number of unbranched alkanes of at least 4 members (excludes halogenated alkanes) is 2. The molecule has 2 rings (SSSR count). The van der Waals surface area contributed by atoms with Crippen LogP contribution in [0.15, 0.2) is 42.5 Å². The lowest BCUT2D eigenvalue weighted by Gasteiger charge is -2.15. The minimum Gasteiger partial charge on any atom is -0.507 e. The molecule has 2 aromatic rings. The molecule has 0 saturated heterocycles. The van der Waals surface area contributed by atoms with Crippen LogP contribution in [-0.2, 0) is 19.3 Å². The van der Waals surface area contributed by atoms with Crippen molar-refractivity contribution in [1.82, 2.24) is 0 Å². The van der Waals surface area contributed by atoms with E-state index in [4.69, 9.17) is 0 Å². The molecule has 0 heterocycles. The Labute approximate surface area is 135 Å². The highest BCUT2D eigenvalue weighted by atomic mass is 16.3. The predicted octanol–water partition coefficient (Wildman–Crippen LogP) is 5.67. The van der Waals surface area contributed by atoms with E-state index in [-0.39, 0.29) is 0 Å². The number of aromatic hydroxyl groups is 1. The van der Waals surface area contributed by atoms with Gasteiger partial charge in [0.2, 0.25) is 0 Å². The molecule has 0 fully saturated rings. The van der Waals surface area contributed by atoms with Crippen LogP contribution in [-0.4, -0.2) is 5.11 Å². The monoisotopic (exact) mass is 296 g/mol. The van der Waals surface area contributed by atoms with E-state index in [9.17, 15) is 5.11 Å². The van der Waals surface area contributed by atoms with Crippen LogP contribution in [0.5, 0.6) is 5.75 Å². The summed E-state index contributed by atoms with van der Waals surface area (Å²) in [5, 5.41) is 10.8. The van der Waals surface area contributed by atoms with Crippen molar-refractivity contribution >= 4 is 0 Å². The summed E-state index contributed by atoms with van der Waals surface area (Å²) >= 11 is 0. The molecule has 0 atom stereocenters. The summed E-state index contributed by atoms with van der Waals surface area (Å²) in [5.74, 6) is 0.533. The fourth-order valence-corrected chi connectivity index (χ4v) is 2.89. The van der Waals surface area contributed by atoms with E-state index in [0.717, 1.165) is 43.2 Å². The summed E-state index contributed by atoms with van der Waals surface area (Å²) in [4.78, 5) is 0. The minimum atomic E-state index is 0.533. The number of phenolic OH excluding ortho intramolecular Hbond substituents is 1. The molecular weight excluding hydrogens is 268 g/mol. The van der Waals surface area contributed by atoms with E-state index >= 15 is 0 Å². The third kappa shape index (κ3) is 4.37. The van der Waals surface area contributed by atoms with Gasteiger partial charge < -0.3 is 5.11 Å². The first-order valence-electron chi connectivity index (χ1n) is 8.62. The highest BCUT2D eigenvalue weighted by Gasteiger charge is 2.13. The normalized spacial score (nSPS) is 10.8. The van der Waals surface area contributed by atoms with E-state index in [1.165, 1.54) is 24.0 Å². The Morgan fingerprint density at radius 1 is 0.773 bits per heavy atom. The molecule has 118 valence electrons. The van der Waals surface area contributed by atoms with Crippen LogP contribution < -0.4 is 0 Å². The fourth-order valence-electron chi connectivity index (χ4n) is 2.89. The molecule has 0 aliphatic rings. The summed E-state index contributed by atoms with van der Waals surface area (Å²) in [6.45, 7) is 4.41. The Kier molecular flexibility index (Phi) is 6.51. The molecule has 0 aliphatic carbocycles. The summed E-state index contributed by atoms with van der Waals surface area (Å²) in [6, 6.07) is 14.8. The highest BCUT2D eigenvalue weighted by molar-refractivity contribution is 5.48. The standard InChI is InChI=1S/C21H28O/c1-3-5-12-18-14-15-19(13-6-4-2)21(22)20(18)16-17-10-8-7-9-11-17/h7-11,14-15,22H,3-6,12-13,16H2,1-2H3. The Morgan fingerprint density at radius 2 is 1.36 bits per heavy atom. The van der Waals surface area contributed by atoms with Gasteiger partial charge in [-0.1, -0.05) is 69.2 Å². The van der Waals surface area contributed by atoms with Gasteiger partial charge in [0.05, 0.1) is 0 Å². The zero-order valence-corrected chi connectivity index (χ0v) is 13.9. The average molecular weight is 296 g/mol. The third-order valence-electron chi connectivity index (χ3n) is 4.29. The van der Waals surface area contributed by atoms with Crippen molar-refractivity contribution in [1.29, 1.82) is 0 Å². The molecule has 0 radical (unpaired) electrons. The zero-order chi connectivity index (χ0) is 15.8. The minimum absolute atomic E-state index is 0.533. The molecular formula is C21H28O. The quantitative estimate of drug-likeness (QED) is 0.665. The lowest BCUT2D eigenvalue weighted by Crippen LogP contribution is -2.00. The topological polar surface area (TPSA) is 20.2 Å². The lowest BCUT2D eigenvalue weighted by molar-refractivity contribution is 0.459. The number of hydrogen-bond donors (Lipinski definition) is 1. The second-order valence-electron chi connectivity index (χ2n) is 6.08. The maximum Gasteiger partial charge on any atom is 0.122 e.